The van der Waals surface area contributed by atoms with E-state index >= 15 is 0 Å². The maximum atomic E-state index is 8.35. The quantitative estimate of drug-likeness (QED) is 0.347. The van der Waals surface area contributed by atoms with Crippen molar-refractivity contribution in [1.82, 2.24) is 4.90 Å². The second kappa shape index (κ2) is 10.0. The Labute approximate surface area is 86.0 Å². The van der Waals surface area contributed by atoms with Crippen LogP contribution in [-0.4, -0.2) is 42.9 Å². The lowest BCUT2D eigenvalue weighted by atomic mass is 10.4. The largest absolute Gasteiger partial charge is 0.516 e. The summed E-state index contributed by atoms with van der Waals surface area (Å²) in [5, 5.41) is 8.35. The van der Waals surface area contributed by atoms with Gasteiger partial charge >= 0.3 is 0 Å². The van der Waals surface area contributed by atoms with Crippen LogP contribution in [0.25, 0.3) is 0 Å². The van der Waals surface area contributed by atoms with Crippen LogP contribution in [0.15, 0.2) is 37.6 Å². The zero-order valence-corrected chi connectivity index (χ0v) is 8.56. The van der Waals surface area contributed by atoms with Crippen LogP contribution < -0.4 is 0 Å². The third kappa shape index (κ3) is 7.58. The molecule has 0 spiro atoms. The number of hydrogen-bond acceptors (Lipinski definition) is 3. The van der Waals surface area contributed by atoms with Crippen molar-refractivity contribution in [2.45, 2.75) is 0 Å². The predicted octanol–water partition coefficient (Wildman–Crippen LogP) is 1.75. The van der Waals surface area contributed by atoms with Crippen LogP contribution in [0.1, 0.15) is 0 Å². The fraction of sp³-hybridized carbons (Fsp3) is 0.455. The van der Waals surface area contributed by atoms with Crippen molar-refractivity contribution in [1.29, 1.82) is 0 Å². The van der Waals surface area contributed by atoms with Crippen molar-refractivity contribution >= 4 is 0 Å². The number of aliphatic hydroxyl groups is 1. The normalized spacial score (nSPS) is 10.9. The summed E-state index contributed by atoms with van der Waals surface area (Å²) in [6.07, 6.45) is 6.27. The summed E-state index contributed by atoms with van der Waals surface area (Å²) < 4.78 is 5.24. The van der Waals surface area contributed by atoms with Gasteiger partial charge in [0, 0.05) is 19.6 Å². The highest BCUT2D eigenvalue weighted by Gasteiger charge is 1.98. The van der Waals surface area contributed by atoms with Gasteiger partial charge in [-0.1, -0.05) is 12.2 Å². The first kappa shape index (κ1) is 12.9. The van der Waals surface area contributed by atoms with E-state index in [1.54, 1.807) is 6.08 Å². The Bertz CT molecular complexity index is 168. The van der Waals surface area contributed by atoms with Crippen molar-refractivity contribution in [3.05, 3.63) is 37.6 Å². The van der Waals surface area contributed by atoms with Crippen LogP contribution in [0, 0.1) is 0 Å². The van der Waals surface area contributed by atoms with E-state index in [4.69, 9.17) is 9.84 Å². The van der Waals surface area contributed by atoms with Gasteiger partial charge in [-0.25, -0.2) is 0 Å². The molecular weight excluding hydrogens is 178 g/mol. The fourth-order valence-electron chi connectivity index (χ4n) is 1.01. The topological polar surface area (TPSA) is 32.7 Å². The van der Waals surface area contributed by atoms with Crippen molar-refractivity contribution in [3.8, 4) is 0 Å². The summed E-state index contributed by atoms with van der Waals surface area (Å²) in [6, 6.07) is 0. The molecule has 0 saturated carbocycles. The smallest absolute Gasteiger partial charge is 0.0774 e. The molecule has 0 saturated heterocycles. The predicted molar refractivity (Wildman–Crippen MR) is 59.4 cm³/mol. The Morgan fingerprint density at radius 2 is 1.86 bits per heavy atom. The lowest BCUT2D eigenvalue weighted by Crippen LogP contribution is -2.27. The van der Waals surface area contributed by atoms with Crippen molar-refractivity contribution in [3.63, 3.8) is 0 Å². The maximum absolute atomic E-state index is 8.35. The van der Waals surface area contributed by atoms with Gasteiger partial charge in [-0.3, -0.25) is 4.90 Å². The molecule has 3 nitrogen and oxygen atoms in total. The van der Waals surface area contributed by atoms with E-state index in [2.05, 4.69) is 18.1 Å². The zero-order valence-electron chi connectivity index (χ0n) is 8.56. The molecule has 0 radical (unpaired) electrons. The van der Waals surface area contributed by atoms with E-state index in [1.807, 2.05) is 12.2 Å². The molecule has 0 unspecified atom stereocenters. The zero-order chi connectivity index (χ0) is 10.6. The molecule has 0 amide bonds. The molecule has 0 fully saturated rings. The molecule has 0 aromatic heterocycles. The van der Waals surface area contributed by atoms with Crippen molar-refractivity contribution in [2.24, 2.45) is 0 Å². The second-order valence-electron chi connectivity index (χ2n) is 2.80. The highest BCUT2D eigenvalue weighted by atomic mass is 16.5. The maximum Gasteiger partial charge on any atom is 0.0774 e. The SMILES string of the molecule is C=CCN(CC=C)CCOCC=CO. The molecule has 0 rings (SSSR count). The van der Waals surface area contributed by atoms with E-state index in [0.29, 0.717) is 13.2 Å². The Morgan fingerprint density at radius 1 is 1.21 bits per heavy atom. The second-order valence-corrected chi connectivity index (χ2v) is 2.80. The first-order valence-electron chi connectivity index (χ1n) is 4.66. The van der Waals surface area contributed by atoms with Crippen LogP contribution in [0.5, 0.6) is 0 Å². The molecule has 3 heteroatoms. The number of ether oxygens (including phenoxy) is 1. The minimum Gasteiger partial charge on any atom is -0.516 e. The van der Waals surface area contributed by atoms with Crippen molar-refractivity contribution < 1.29 is 9.84 Å². The molecule has 0 bridgehead atoms. The van der Waals surface area contributed by atoms with Gasteiger partial charge in [-0.05, 0) is 6.08 Å². The summed E-state index contributed by atoms with van der Waals surface area (Å²) in [7, 11) is 0. The van der Waals surface area contributed by atoms with Crippen LogP contribution in [-0.2, 0) is 4.74 Å². The highest BCUT2D eigenvalue weighted by Crippen LogP contribution is 1.89. The molecule has 0 aliphatic heterocycles. The molecule has 80 valence electrons. The average Bonchev–Trinajstić information content (AvgIpc) is 2.18. The Hall–Kier alpha value is -1.06. The average molecular weight is 197 g/mol. The lowest BCUT2D eigenvalue weighted by Gasteiger charge is -2.17. The minimum absolute atomic E-state index is 0.451. The molecule has 1 N–H and O–H groups in total. The van der Waals surface area contributed by atoms with Gasteiger partial charge in [0.25, 0.3) is 0 Å². The van der Waals surface area contributed by atoms with Gasteiger partial charge in [0.1, 0.15) is 0 Å². The standard InChI is InChI=1S/C11H19NO2/c1-3-6-12(7-4-2)8-11-14-10-5-9-13/h3-5,9,13H,1-2,6-8,10-11H2. The molecule has 0 aromatic carbocycles. The van der Waals surface area contributed by atoms with Gasteiger partial charge in [0.2, 0.25) is 0 Å². The first-order chi connectivity index (χ1) is 6.85. The summed E-state index contributed by atoms with van der Waals surface area (Å²) in [4.78, 5) is 2.17. The Morgan fingerprint density at radius 3 is 2.36 bits per heavy atom. The third-order valence-electron chi connectivity index (χ3n) is 1.65. The molecule has 14 heavy (non-hydrogen) atoms. The van der Waals surface area contributed by atoms with Crippen LogP contribution in [0.3, 0.4) is 0 Å². The van der Waals surface area contributed by atoms with Crippen LogP contribution >= 0.6 is 0 Å². The van der Waals surface area contributed by atoms with E-state index in [1.165, 1.54) is 0 Å². The molecular formula is C11H19NO2. The van der Waals surface area contributed by atoms with Crippen LogP contribution in [0.4, 0.5) is 0 Å². The summed E-state index contributed by atoms with van der Waals surface area (Å²) >= 11 is 0. The molecule has 0 aromatic rings. The van der Waals surface area contributed by atoms with Crippen LogP contribution in [0.2, 0.25) is 0 Å². The minimum atomic E-state index is 0.451. The van der Waals surface area contributed by atoms with Crippen molar-refractivity contribution in [2.75, 3.05) is 32.8 Å². The highest BCUT2D eigenvalue weighted by molar-refractivity contribution is 4.79. The fourth-order valence-corrected chi connectivity index (χ4v) is 1.01. The van der Waals surface area contributed by atoms with Gasteiger partial charge < -0.3 is 9.84 Å². The lowest BCUT2D eigenvalue weighted by molar-refractivity contribution is 0.132. The Kier molecular flexibility index (Phi) is 9.26. The molecule has 0 aliphatic rings. The summed E-state index contributed by atoms with van der Waals surface area (Å²) in [6.45, 7) is 11.0. The summed E-state index contributed by atoms with van der Waals surface area (Å²) in [5.74, 6) is 0. The van der Waals surface area contributed by atoms with E-state index in [0.717, 1.165) is 25.9 Å². The summed E-state index contributed by atoms with van der Waals surface area (Å²) in [5.41, 5.74) is 0. The van der Waals surface area contributed by atoms with Gasteiger partial charge in [-0.15, -0.1) is 13.2 Å². The third-order valence-corrected chi connectivity index (χ3v) is 1.65. The number of nitrogens with zero attached hydrogens (tertiary/aromatic N) is 1. The van der Waals surface area contributed by atoms with E-state index < -0.39 is 0 Å². The molecule has 0 heterocycles. The molecule has 0 aliphatic carbocycles. The van der Waals surface area contributed by atoms with Gasteiger partial charge in [-0.2, -0.15) is 0 Å². The first-order valence-corrected chi connectivity index (χ1v) is 4.66. The number of aliphatic hydroxyl groups excluding tert-OH is 1. The number of hydrogen-bond donors (Lipinski definition) is 1. The number of rotatable bonds is 9. The van der Waals surface area contributed by atoms with Gasteiger partial charge in [0.05, 0.1) is 19.5 Å². The van der Waals surface area contributed by atoms with E-state index in [9.17, 15) is 0 Å². The van der Waals surface area contributed by atoms with Gasteiger partial charge in [0.15, 0.2) is 0 Å². The Balaban J connectivity index is 3.48. The monoisotopic (exact) mass is 197 g/mol. The van der Waals surface area contributed by atoms with E-state index in [-0.39, 0.29) is 0 Å². The molecule has 0 atom stereocenters.